The molecule has 0 aliphatic heterocycles. The minimum atomic E-state index is -0.493. The Labute approximate surface area is 144 Å². The van der Waals surface area contributed by atoms with E-state index in [1.165, 1.54) is 6.08 Å². The largest absolute Gasteiger partial charge is 0.423 e. The summed E-state index contributed by atoms with van der Waals surface area (Å²) in [6.07, 6.45) is 2.89. The summed E-state index contributed by atoms with van der Waals surface area (Å²) in [6, 6.07) is 8.47. The Balaban J connectivity index is 2.11. The quantitative estimate of drug-likeness (QED) is 0.390. The van der Waals surface area contributed by atoms with E-state index in [0.717, 1.165) is 11.1 Å². The second-order valence-electron chi connectivity index (χ2n) is 4.79. The second kappa shape index (κ2) is 7.19. The molecule has 0 bridgehead atoms. The molecule has 0 saturated carbocycles. The predicted octanol–water partition coefficient (Wildman–Crippen LogP) is 5.88. The van der Waals surface area contributed by atoms with Gasteiger partial charge in [0.05, 0.1) is 0 Å². The minimum Gasteiger partial charge on any atom is -0.423 e. The lowest BCUT2D eigenvalue weighted by molar-refractivity contribution is -0.128. The van der Waals surface area contributed by atoms with Gasteiger partial charge in [0.1, 0.15) is 5.75 Å². The molecule has 2 nitrogen and oxygen atoms in total. The number of hydrogen-bond donors (Lipinski definition) is 0. The van der Waals surface area contributed by atoms with Gasteiger partial charge in [-0.15, -0.1) is 0 Å². The Morgan fingerprint density at radius 1 is 1.05 bits per heavy atom. The standard InChI is InChI=1S/C17H13Cl3O2/c1-10-7-14(8-11(2)17(10)20)22-16(21)6-4-12-3-5-13(18)9-15(12)19/h3-9H,1-2H3/b6-4+. The number of halogens is 3. The molecule has 0 aromatic heterocycles. The Kier molecular flexibility index (Phi) is 5.52. The fourth-order valence-electron chi connectivity index (χ4n) is 1.91. The first-order chi connectivity index (χ1) is 10.4. The molecule has 114 valence electrons. The molecule has 2 aromatic carbocycles. The lowest BCUT2D eigenvalue weighted by Gasteiger charge is -2.07. The van der Waals surface area contributed by atoms with Gasteiger partial charge in [-0.3, -0.25) is 0 Å². The van der Waals surface area contributed by atoms with Crippen molar-refractivity contribution in [2.75, 3.05) is 0 Å². The van der Waals surface area contributed by atoms with Crippen LogP contribution in [0, 0.1) is 13.8 Å². The Morgan fingerprint density at radius 2 is 1.68 bits per heavy atom. The fraction of sp³-hybridized carbons (Fsp3) is 0.118. The van der Waals surface area contributed by atoms with Crippen LogP contribution in [-0.4, -0.2) is 5.97 Å². The van der Waals surface area contributed by atoms with E-state index < -0.39 is 5.97 Å². The highest BCUT2D eigenvalue weighted by molar-refractivity contribution is 6.35. The Bertz CT molecular complexity index is 729. The molecule has 0 N–H and O–H groups in total. The third-order valence-electron chi connectivity index (χ3n) is 2.99. The van der Waals surface area contributed by atoms with Crippen molar-refractivity contribution in [1.29, 1.82) is 0 Å². The van der Waals surface area contributed by atoms with Gasteiger partial charge < -0.3 is 4.74 Å². The lowest BCUT2D eigenvalue weighted by atomic mass is 10.1. The molecule has 0 unspecified atom stereocenters. The first-order valence-electron chi connectivity index (χ1n) is 6.48. The summed E-state index contributed by atoms with van der Waals surface area (Å²) >= 11 is 17.9. The molecule has 0 heterocycles. The number of hydrogen-bond acceptors (Lipinski definition) is 2. The van der Waals surface area contributed by atoms with Crippen molar-refractivity contribution in [3.05, 3.63) is 68.2 Å². The van der Waals surface area contributed by atoms with Gasteiger partial charge >= 0.3 is 5.97 Å². The van der Waals surface area contributed by atoms with Crippen LogP contribution in [0.15, 0.2) is 36.4 Å². The zero-order valence-electron chi connectivity index (χ0n) is 12.0. The summed E-state index contributed by atoms with van der Waals surface area (Å²) in [5.41, 5.74) is 2.40. The van der Waals surface area contributed by atoms with Crippen LogP contribution in [0.3, 0.4) is 0 Å². The molecule has 5 heteroatoms. The maximum atomic E-state index is 11.9. The van der Waals surface area contributed by atoms with E-state index >= 15 is 0 Å². The van der Waals surface area contributed by atoms with E-state index in [4.69, 9.17) is 39.5 Å². The van der Waals surface area contributed by atoms with Gasteiger partial charge in [0.15, 0.2) is 0 Å². The van der Waals surface area contributed by atoms with Crippen LogP contribution in [0.1, 0.15) is 16.7 Å². The SMILES string of the molecule is Cc1cc(OC(=O)/C=C/c2ccc(Cl)cc2Cl)cc(C)c1Cl. The van der Waals surface area contributed by atoms with Crippen molar-refractivity contribution in [1.82, 2.24) is 0 Å². The van der Waals surface area contributed by atoms with Crippen molar-refractivity contribution in [2.45, 2.75) is 13.8 Å². The van der Waals surface area contributed by atoms with Crippen LogP contribution in [-0.2, 0) is 4.79 Å². The van der Waals surface area contributed by atoms with Gasteiger partial charge in [-0.2, -0.15) is 0 Å². The van der Waals surface area contributed by atoms with E-state index in [9.17, 15) is 4.79 Å². The normalized spacial score (nSPS) is 11.0. The minimum absolute atomic E-state index is 0.455. The van der Waals surface area contributed by atoms with E-state index in [1.54, 1.807) is 36.4 Å². The number of ether oxygens (including phenoxy) is 1. The first-order valence-corrected chi connectivity index (χ1v) is 7.62. The van der Waals surface area contributed by atoms with Gasteiger partial charge in [-0.05, 0) is 60.9 Å². The molecule has 0 saturated heterocycles. The number of esters is 1. The van der Waals surface area contributed by atoms with Crippen molar-refractivity contribution in [3.8, 4) is 5.75 Å². The number of aryl methyl sites for hydroxylation is 2. The molecule has 0 amide bonds. The zero-order valence-corrected chi connectivity index (χ0v) is 14.3. The smallest absolute Gasteiger partial charge is 0.336 e. The van der Waals surface area contributed by atoms with Crippen molar-refractivity contribution in [3.63, 3.8) is 0 Å². The van der Waals surface area contributed by atoms with Gasteiger partial charge in [-0.25, -0.2) is 4.79 Å². The molecule has 2 rings (SSSR count). The van der Waals surface area contributed by atoms with Crippen LogP contribution in [0.5, 0.6) is 5.75 Å². The second-order valence-corrected chi connectivity index (χ2v) is 6.01. The zero-order chi connectivity index (χ0) is 16.3. The van der Waals surface area contributed by atoms with Gasteiger partial charge in [0.2, 0.25) is 0 Å². The lowest BCUT2D eigenvalue weighted by Crippen LogP contribution is -2.04. The average Bonchev–Trinajstić information content (AvgIpc) is 2.43. The van der Waals surface area contributed by atoms with Crippen LogP contribution in [0.2, 0.25) is 15.1 Å². The molecular formula is C17H13Cl3O2. The van der Waals surface area contributed by atoms with Crippen LogP contribution in [0.25, 0.3) is 6.08 Å². The highest BCUT2D eigenvalue weighted by Crippen LogP contribution is 2.26. The third kappa shape index (κ3) is 4.26. The Morgan fingerprint density at radius 3 is 2.27 bits per heavy atom. The van der Waals surface area contributed by atoms with E-state index in [-0.39, 0.29) is 0 Å². The maximum Gasteiger partial charge on any atom is 0.336 e. The van der Waals surface area contributed by atoms with Gasteiger partial charge in [0.25, 0.3) is 0 Å². The average molecular weight is 356 g/mol. The first kappa shape index (κ1) is 16.9. The Hall–Kier alpha value is -1.48. The van der Waals surface area contributed by atoms with E-state index in [1.807, 2.05) is 13.8 Å². The molecule has 0 spiro atoms. The van der Waals surface area contributed by atoms with Crippen molar-refractivity contribution in [2.24, 2.45) is 0 Å². The summed E-state index contributed by atoms with van der Waals surface area (Å²) in [6.45, 7) is 3.71. The van der Waals surface area contributed by atoms with Crippen molar-refractivity contribution < 1.29 is 9.53 Å². The van der Waals surface area contributed by atoms with Gasteiger partial charge in [0, 0.05) is 21.1 Å². The van der Waals surface area contributed by atoms with Crippen LogP contribution in [0.4, 0.5) is 0 Å². The summed E-state index contributed by atoms with van der Waals surface area (Å²) in [4.78, 5) is 11.9. The highest BCUT2D eigenvalue weighted by atomic mass is 35.5. The molecule has 0 aliphatic carbocycles. The van der Waals surface area contributed by atoms with E-state index in [2.05, 4.69) is 0 Å². The summed E-state index contributed by atoms with van der Waals surface area (Å²) < 4.78 is 5.26. The van der Waals surface area contributed by atoms with Gasteiger partial charge in [-0.1, -0.05) is 40.9 Å². The summed E-state index contributed by atoms with van der Waals surface area (Å²) in [5, 5.41) is 1.68. The third-order valence-corrected chi connectivity index (χ3v) is 4.15. The molecule has 0 aliphatic rings. The molecule has 2 aromatic rings. The number of rotatable bonds is 3. The number of carbonyl (C=O) groups excluding carboxylic acids is 1. The topological polar surface area (TPSA) is 26.3 Å². The molecule has 0 fully saturated rings. The van der Waals surface area contributed by atoms with Crippen LogP contribution < -0.4 is 4.74 Å². The molecule has 0 radical (unpaired) electrons. The molecule has 0 atom stereocenters. The monoisotopic (exact) mass is 354 g/mol. The van der Waals surface area contributed by atoms with Crippen LogP contribution >= 0.6 is 34.8 Å². The maximum absolute atomic E-state index is 11.9. The predicted molar refractivity (Wildman–Crippen MR) is 92.1 cm³/mol. The summed E-state index contributed by atoms with van der Waals surface area (Å²) in [5.74, 6) is -0.0385. The number of benzene rings is 2. The molecular weight excluding hydrogens is 343 g/mol. The summed E-state index contributed by atoms with van der Waals surface area (Å²) in [7, 11) is 0. The van der Waals surface area contributed by atoms with Crippen molar-refractivity contribution >= 4 is 46.8 Å². The molecule has 22 heavy (non-hydrogen) atoms. The van der Waals surface area contributed by atoms with E-state index in [0.29, 0.717) is 26.4 Å². The fourth-order valence-corrected chi connectivity index (χ4v) is 2.49. The number of carbonyl (C=O) groups is 1. The highest BCUT2D eigenvalue weighted by Gasteiger charge is 2.06.